The molecule has 1 rings (SSSR count). The maximum atomic E-state index is 12.3. The molecule has 5 heteroatoms. The minimum absolute atomic E-state index is 0.0954. The fraction of sp³-hybridized carbons (Fsp3) is 0.222. The van der Waals surface area contributed by atoms with Crippen LogP contribution in [0.25, 0.3) is 0 Å². The largest absolute Gasteiger partial charge is 0.506 e. The molecule has 0 aromatic heterocycles. The van der Waals surface area contributed by atoms with Crippen LogP contribution in [0, 0.1) is 0 Å². The molecule has 0 radical (unpaired) electrons. The van der Waals surface area contributed by atoms with Gasteiger partial charge in [-0.05, 0) is 19.1 Å². The van der Waals surface area contributed by atoms with Gasteiger partial charge in [0.1, 0.15) is 5.75 Å². The SMILES string of the molecule is CC(=O)c1cc(C(F)F)cc(O)c1Cl. The fourth-order valence-electron chi connectivity index (χ4n) is 1.01. The van der Waals surface area contributed by atoms with E-state index in [1.807, 2.05) is 0 Å². The number of Topliss-reactive ketones (excluding diaryl/α,β-unsaturated/α-hetero) is 1. The molecule has 76 valence electrons. The number of phenols is 1. The highest BCUT2D eigenvalue weighted by molar-refractivity contribution is 6.35. The number of carbonyl (C=O) groups excluding carboxylic acids is 1. The summed E-state index contributed by atoms with van der Waals surface area (Å²) in [7, 11) is 0. The number of rotatable bonds is 2. The molecule has 0 unspecified atom stereocenters. The number of benzene rings is 1. The van der Waals surface area contributed by atoms with Crippen LogP contribution in [-0.2, 0) is 0 Å². The lowest BCUT2D eigenvalue weighted by Crippen LogP contribution is -1.96. The Morgan fingerprint density at radius 2 is 2.07 bits per heavy atom. The first-order valence-electron chi connectivity index (χ1n) is 3.75. The molecule has 0 bridgehead atoms. The quantitative estimate of drug-likeness (QED) is 0.778. The van der Waals surface area contributed by atoms with Gasteiger partial charge < -0.3 is 5.11 Å². The molecule has 0 fully saturated rings. The van der Waals surface area contributed by atoms with E-state index in [1.54, 1.807) is 0 Å². The molecule has 0 atom stereocenters. The zero-order valence-electron chi connectivity index (χ0n) is 7.22. The molecule has 14 heavy (non-hydrogen) atoms. The number of ketones is 1. The molecule has 0 heterocycles. The van der Waals surface area contributed by atoms with E-state index in [2.05, 4.69) is 0 Å². The molecule has 0 saturated carbocycles. The van der Waals surface area contributed by atoms with E-state index in [4.69, 9.17) is 16.7 Å². The van der Waals surface area contributed by atoms with Crippen molar-refractivity contribution in [2.75, 3.05) is 0 Å². The van der Waals surface area contributed by atoms with Gasteiger partial charge in [-0.1, -0.05) is 11.6 Å². The molecule has 2 nitrogen and oxygen atoms in total. The fourth-order valence-corrected chi connectivity index (χ4v) is 1.26. The summed E-state index contributed by atoms with van der Waals surface area (Å²) in [6, 6.07) is 1.83. The van der Waals surface area contributed by atoms with Crippen LogP contribution in [0.2, 0.25) is 5.02 Å². The van der Waals surface area contributed by atoms with E-state index >= 15 is 0 Å². The zero-order chi connectivity index (χ0) is 10.9. The van der Waals surface area contributed by atoms with Crippen molar-refractivity contribution in [1.29, 1.82) is 0 Å². The number of aromatic hydroxyl groups is 1. The Morgan fingerprint density at radius 1 is 1.50 bits per heavy atom. The molecule has 0 spiro atoms. The number of carbonyl (C=O) groups is 1. The van der Waals surface area contributed by atoms with Crippen molar-refractivity contribution in [1.82, 2.24) is 0 Å². The molecule has 1 aromatic rings. The van der Waals surface area contributed by atoms with Gasteiger partial charge in [-0.2, -0.15) is 0 Å². The Hall–Kier alpha value is -1.16. The molecule has 0 saturated heterocycles. The number of hydrogen-bond acceptors (Lipinski definition) is 2. The monoisotopic (exact) mass is 220 g/mol. The molecule has 0 amide bonds. The summed E-state index contributed by atoms with van der Waals surface area (Å²) in [6.45, 7) is 1.19. The Kier molecular flexibility index (Phi) is 3.06. The lowest BCUT2D eigenvalue weighted by atomic mass is 10.1. The van der Waals surface area contributed by atoms with Crippen LogP contribution in [0.1, 0.15) is 29.3 Å². The van der Waals surface area contributed by atoms with Gasteiger partial charge in [-0.15, -0.1) is 0 Å². The zero-order valence-corrected chi connectivity index (χ0v) is 7.98. The van der Waals surface area contributed by atoms with Crippen LogP contribution < -0.4 is 0 Å². The van der Waals surface area contributed by atoms with Gasteiger partial charge in [-0.3, -0.25) is 4.79 Å². The summed E-state index contributed by atoms with van der Waals surface area (Å²) < 4.78 is 24.5. The Labute approximate surface area is 84.1 Å². The predicted molar refractivity (Wildman–Crippen MR) is 48.1 cm³/mol. The smallest absolute Gasteiger partial charge is 0.264 e. The van der Waals surface area contributed by atoms with Gasteiger partial charge in [-0.25, -0.2) is 8.78 Å². The van der Waals surface area contributed by atoms with Crippen molar-refractivity contribution in [2.24, 2.45) is 0 Å². The predicted octanol–water partition coefficient (Wildman–Crippen LogP) is 3.19. The lowest BCUT2D eigenvalue weighted by molar-refractivity contribution is 0.101. The van der Waals surface area contributed by atoms with E-state index in [1.165, 1.54) is 6.92 Å². The van der Waals surface area contributed by atoms with Gasteiger partial charge >= 0.3 is 0 Å². The van der Waals surface area contributed by atoms with Gasteiger partial charge in [0, 0.05) is 11.1 Å². The number of hydrogen-bond donors (Lipinski definition) is 1. The highest BCUT2D eigenvalue weighted by atomic mass is 35.5. The maximum Gasteiger partial charge on any atom is 0.264 e. The Bertz CT molecular complexity index is 377. The summed E-state index contributed by atoms with van der Waals surface area (Å²) in [4.78, 5) is 11.0. The molecule has 1 N–H and O–H groups in total. The van der Waals surface area contributed by atoms with Crippen molar-refractivity contribution in [2.45, 2.75) is 13.3 Å². The third-order valence-corrected chi connectivity index (χ3v) is 2.10. The lowest BCUT2D eigenvalue weighted by Gasteiger charge is -2.06. The van der Waals surface area contributed by atoms with E-state index < -0.39 is 23.5 Å². The van der Waals surface area contributed by atoms with Crippen molar-refractivity contribution in [3.8, 4) is 5.75 Å². The second-order valence-electron chi connectivity index (χ2n) is 2.76. The second kappa shape index (κ2) is 3.92. The van der Waals surface area contributed by atoms with E-state index in [0.717, 1.165) is 12.1 Å². The van der Waals surface area contributed by atoms with Gasteiger partial charge in [0.05, 0.1) is 5.02 Å². The van der Waals surface area contributed by atoms with Crippen LogP contribution in [0.15, 0.2) is 12.1 Å². The van der Waals surface area contributed by atoms with Gasteiger partial charge in [0.25, 0.3) is 6.43 Å². The molecular formula is C9H7ClF2O2. The molecule has 0 aliphatic rings. The standard InChI is InChI=1S/C9H7ClF2O2/c1-4(13)6-2-5(9(11)12)3-7(14)8(6)10/h2-3,9,14H,1H3. The normalized spacial score (nSPS) is 10.6. The summed E-state index contributed by atoms with van der Waals surface area (Å²) in [5.74, 6) is -0.970. The van der Waals surface area contributed by atoms with Gasteiger partial charge in [0.2, 0.25) is 0 Å². The first-order chi connectivity index (χ1) is 6.43. The van der Waals surface area contributed by atoms with Crippen molar-refractivity contribution < 1.29 is 18.7 Å². The second-order valence-corrected chi connectivity index (χ2v) is 3.14. The summed E-state index contributed by atoms with van der Waals surface area (Å²) >= 11 is 5.55. The molecule has 0 aliphatic carbocycles. The summed E-state index contributed by atoms with van der Waals surface area (Å²) in [6.07, 6.45) is -2.74. The Morgan fingerprint density at radius 3 is 2.50 bits per heavy atom. The molecule has 1 aromatic carbocycles. The van der Waals surface area contributed by atoms with Crippen LogP contribution in [0.3, 0.4) is 0 Å². The van der Waals surface area contributed by atoms with E-state index in [9.17, 15) is 13.6 Å². The minimum atomic E-state index is -2.74. The van der Waals surface area contributed by atoms with Crippen LogP contribution in [0.4, 0.5) is 8.78 Å². The number of halogens is 3. The van der Waals surface area contributed by atoms with E-state index in [-0.39, 0.29) is 10.6 Å². The van der Waals surface area contributed by atoms with Crippen LogP contribution in [-0.4, -0.2) is 10.9 Å². The van der Waals surface area contributed by atoms with Crippen molar-refractivity contribution in [3.63, 3.8) is 0 Å². The average molecular weight is 221 g/mol. The third-order valence-electron chi connectivity index (χ3n) is 1.71. The summed E-state index contributed by atoms with van der Waals surface area (Å²) in [5, 5.41) is 8.97. The third kappa shape index (κ3) is 2.01. The number of alkyl halides is 2. The minimum Gasteiger partial charge on any atom is -0.506 e. The van der Waals surface area contributed by atoms with Crippen LogP contribution in [0.5, 0.6) is 5.75 Å². The highest BCUT2D eigenvalue weighted by Crippen LogP contribution is 2.32. The first-order valence-corrected chi connectivity index (χ1v) is 4.12. The highest BCUT2D eigenvalue weighted by Gasteiger charge is 2.16. The van der Waals surface area contributed by atoms with Gasteiger partial charge in [0.15, 0.2) is 5.78 Å². The Balaban J connectivity index is 3.35. The van der Waals surface area contributed by atoms with Crippen LogP contribution >= 0.6 is 11.6 Å². The van der Waals surface area contributed by atoms with Crippen molar-refractivity contribution >= 4 is 17.4 Å². The molecular weight excluding hydrogens is 214 g/mol. The van der Waals surface area contributed by atoms with E-state index in [0.29, 0.717) is 0 Å². The van der Waals surface area contributed by atoms with Crippen molar-refractivity contribution in [3.05, 3.63) is 28.3 Å². The topological polar surface area (TPSA) is 37.3 Å². The number of phenolic OH excluding ortho intramolecular Hbond substituents is 1. The average Bonchev–Trinajstić information content (AvgIpc) is 2.08. The summed E-state index contributed by atoms with van der Waals surface area (Å²) in [5.41, 5.74) is -0.515. The molecule has 0 aliphatic heterocycles. The maximum absolute atomic E-state index is 12.3. The first kappa shape index (κ1) is 10.9.